The third-order valence-corrected chi connectivity index (χ3v) is 3.31. The van der Waals surface area contributed by atoms with E-state index >= 15 is 0 Å². The molecular formula is C14H21N3O2. The molecule has 0 spiro atoms. The lowest BCUT2D eigenvalue weighted by atomic mass is 10.1. The zero-order chi connectivity index (χ0) is 13.7. The molecule has 1 heterocycles. The summed E-state index contributed by atoms with van der Waals surface area (Å²) in [4.78, 5) is 13.6. The highest BCUT2D eigenvalue weighted by Crippen LogP contribution is 2.19. The summed E-state index contributed by atoms with van der Waals surface area (Å²) in [5.41, 5.74) is 8.09. The number of hydrogen-bond acceptors (Lipinski definition) is 5. The fourth-order valence-electron chi connectivity index (χ4n) is 2.12. The lowest BCUT2D eigenvalue weighted by molar-refractivity contribution is 0.0398. The van der Waals surface area contributed by atoms with Gasteiger partial charge in [-0.2, -0.15) is 0 Å². The minimum Gasteiger partial charge on any atom is -0.397 e. The van der Waals surface area contributed by atoms with Crippen LogP contribution in [-0.2, 0) is 4.74 Å². The van der Waals surface area contributed by atoms with Gasteiger partial charge in [-0.15, -0.1) is 0 Å². The normalized spacial score (nSPS) is 16.3. The van der Waals surface area contributed by atoms with Crippen LogP contribution < -0.4 is 11.1 Å². The number of nitrogens with one attached hydrogen (secondary N) is 1. The van der Waals surface area contributed by atoms with Gasteiger partial charge in [0.15, 0.2) is 5.78 Å². The van der Waals surface area contributed by atoms with E-state index in [9.17, 15) is 4.79 Å². The molecule has 2 rings (SSSR count). The van der Waals surface area contributed by atoms with Crippen molar-refractivity contribution >= 4 is 17.2 Å². The van der Waals surface area contributed by atoms with Crippen molar-refractivity contribution in [1.82, 2.24) is 4.90 Å². The van der Waals surface area contributed by atoms with Gasteiger partial charge >= 0.3 is 0 Å². The van der Waals surface area contributed by atoms with E-state index in [1.807, 2.05) is 6.07 Å². The number of anilines is 2. The lowest BCUT2D eigenvalue weighted by Crippen LogP contribution is -2.39. The van der Waals surface area contributed by atoms with Crippen LogP contribution in [0.2, 0.25) is 0 Å². The van der Waals surface area contributed by atoms with Gasteiger partial charge in [0.1, 0.15) is 0 Å². The first-order valence-corrected chi connectivity index (χ1v) is 6.61. The van der Waals surface area contributed by atoms with Crippen molar-refractivity contribution in [2.75, 3.05) is 50.4 Å². The minimum absolute atomic E-state index is 0.0339. The van der Waals surface area contributed by atoms with Crippen LogP contribution in [0.5, 0.6) is 0 Å². The third kappa shape index (κ3) is 3.94. The highest BCUT2D eigenvalue weighted by Gasteiger charge is 2.09. The Morgan fingerprint density at radius 1 is 1.42 bits per heavy atom. The Bertz CT molecular complexity index is 442. The first-order chi connectivity index (χ1) is 9.16. The molecule has 1 fully saturated rings. The highest BCUT2D eigenvalue weighted by atomic mass is 16.5. The van der Waals surface area contributed by atoms with E-state index in [-0.39, 0.29) is 5.78 Å². The predicted octanol–water partition coefficient (Wildman–Crippen LogP) is 1.22. The Labute approximate surface area is 113 Å². The Hall–Kier alpha value is -1.59. The van der Waals surface area contributed by atoms with E-state index in [0.29, 0.717) is 11.3 Å². The summed E-state index contributed by atoms with van der Waals surface area (Å²) in [6, 6.07) is 5.39. The van der Waals surface area contributed by atoms with Gasteiger partial charge in [-0.05, 0) is 25.1 Å². The number of Topliss-reactive ketones (excluding diaryl/α,β-unsaturated/α-hetero) is 1. The fraction of sp³-hybridized carbons (Fsp3) is 0.500. The van der Waals surface area contributed by atoms with Crippen LogP contribution in [0.25, 0.3) is 0 Å². The topological polar surface area (TPSA) is 67.6 Å². The molecule has 3 N–H and O–H groups in total. The number of nitrogens with zero attached hydrogens (tertiary/aromatic N) is 1. The summed E-state index contributed by atoms with van der Waals surface area (Å²) in [6.45, 7) is 6.95. The lowest BCUT2D eigenvalue weighted by Gasteiger charge is -2.26. The zero-order valence-corrected chi connectivity index (χ0v) is 11.3. The molecule has 0 saturated carbocycles. The molecule has 1 aliphatic heterocycles. The van der Waals surface area contributed by atoms with Crippen molar-refractivity contribution in [3.05, 3.63) is 23.8 Å². The van der Waals surface area contributed by atoms with Crippen LogP contribution in [0.3, 0.4) is 0 Å². The van der Waals surface area contributed by atoms with Crippen LogP contribution in [0.15, 0.2) is 18.2 Å². The molecule has 0 amide bonds. The summed E-state index contributed by atoms with van der Waals surface area (Å²) in [5.74, 6) is 0.0339. The van der Waals surface area contributed by atoms with E-state index in [2.05, 4.69) is 10.2 Å². The maximum atomic E-state index is 11.2. The van der Waals surface area contributed by atoms with Crippen molar-refractivity contribution in [3.63, 3.8) is 0 Å². The van der Waals surface area contributed by atoms with Gasteiger partial charge in [-0.1, -0.05) is 0 Å². The van der Waals surface area contributed by atoms with Gasteiger partial charge in [-0.25, -0.2) is 0 Å². The summed E-state index contributed by atoms with van der Waals surface area (Å²) in [7, 11) is 0. The predicted molar refractivity (Wildman–Crippen MR) is 76.6 cm³/mol. The van der Waals surface area contributed by atoms with Crippen molar-refractivity contribution in [3.8, 4) is 0 Å². The molecule has 1 aromatic carbocycles. The number of nitrogen functional groups attached to an aromatic ring is 1. The molecule has 1 aliphatic rings. The summed E-state index contributed by atoms with van der Waals surface area (Å²) in [6.07, 6.45) is 0. The summed E-state index contributed by atoms with van der Waals surface area (Å²) >= 11 is 0. The number of nitrogens with two attached hydrogens (primary N) is 1. The van der Waals surface area contributed by atoms with Gasteiger partial charge in [0.25, 0.3) is 0 Å². The number of ether oxygens (including phenoxy) is 1. The minimum atomic E-state index is 0.0339. The molecule has 0 bridgehead atoms. The van der Waals surface area contributed by atoms with Gasteiger partial charge < -0.3 is 15.8 Å². The standard InChI is InChI=1S/C14H21N3O2/c1-11(18)12-2-3-14(13(15)10-12)16-4-5-17-6-8-19-9-7-17/h2-3,10,16H,4-9,15H2,1H3. The Balaban J connectivity index is 1.83. The Morgan fingerprint density at radius 2 is 2.16 bits per heavy atom. The molecule has 0 unspecified atom stereocenters. The van der Waals surface area contributed by atoms with Gasteiger partial charge in [-0.3, -0.25) is 9.69 Å². The van der Waals surface area contributed by atoms with Crippen LogP contribution in [-0.4, -0.2) is 50.1 Å². The second-order valence-electron chi connectivity index (χ2n) is 4.74. The molecular weight excluding hydrogens is 242 g/mol. The summed E-state index contributed by atoms with van der Waals surface area (Å²) in [5, 5.41) is 3.31. The van der Waals surface area contributed by atoms with Crippen LogP contribution >= 0.6 is 0 Å². The highest BCUT2D eigenvalue weighted by molar-refractivity contribution is 5.95. The number of carbonyl (C=O) groups excluding carboxylic acids is 1. The molecule has 0 aliphatic carbocycles. The number of rotatable bonds is 5. The molecule has 104 valence electrons. The van der Waals surface area contributed by atoms with Crippen LogP contribution in [0.1, 0.15) is 17.3 Å². The Kier molecular flexibility index (Phi) is 4.76. The number of ketones is 1. The van der Waals surface area contributed by atoms with Crippen molar-refractivity contribution < 1.29 is 9.53 Å². The molecule has 0 radical (unpaired) electrons. The first-order valence-electron chi connectivity index (χ1n) is 6.61. The smallest absolute Gasteiger partial charge is 0.159 e. The summed E-state index contributed by atoms with van der Waals surface area (Å²) < 4.78 is 5.31. The van der Waals surface area contributed by atoms with E-state index in [1.165, 1.54) is 0 Å². The van der Waals surface area contributed by atoms with E-state index in [1.54, 1.807) is 19.1 Å². The SMILES string of the molecule is CC(=O)c1ccc(NCCN2CCOCC2)c(N)c1. The average Bonchev–Trinajstić information content (AvgIpc) is 2.41. The molecule has 1 aromatic rings. The fourth-order valence-corrected chi connectivity index (χ4v) is 2.12. The van der Waals surface area contributed by atoms with Crippen molar-refractivity contribution in [2.24, 2.45) is 0 Å². The molecule has 0 aromatic heterocycles. The monoisotopic (exact) mass is 263 g/mol. The van der Waals surface area contributed by atoms with Crippen molar-refractivity contribution in [2.45, 2.75) is 6.92 Å². The number of hydrogen-bond donors (Lipinski definition) is 2. The van der Waals surface area contributed by atoms with E-state index in [4.69, 9.17) is 10.5 Å². The quantitative estimate of drug-likeness (QED) is 0.617. The zero-order valence-electron chi connectivity index (χ0n) is 11.3. The first kappa shape index (κ1) is 13.8. The molecule has 19 heavy (non-hydrogen) atoms. The molecule has 5 nitrogen and oxygen atoms in total. The van der Waals surface area contributed by atoms with E-state index in [0.717, 1.165) is 45.1 Å². The average molecular weight is 263 g/mol. The second-order valence-corrected chi connectivity index (χ2v) is 4.74. The van der Waals surface area contributed by atoms with Crippen LogP contribution in [0.4, 0.5) is 11.4 Å². The molecule has 1 saturated heterocycles. The van der Waals surface area contributed by atoms with Crippen molar-refractivity contribution in [1.29, 1.82) is 0 Å². The van der Waals surface area contributed by atoms with Gasteiger partial charge in [0.05, 0.1) is 24.6 Å². The molecule has 5 heteroatoms. The number of benzene rings is 1. The van der Waals surface area contributed by atoms with E-state index < -0.39 is 0 Å². The maximum absolute atomic E-state index is 11.2. The third-order valence-electron chi connectivity index (χ3n) is 3.31. The maximum Gasteiger partial charge on any atom is 0.159 e. The number of morpholine rings is 1. The van der Waals surface area contributed by atoms with Gasteiger partial charge in [0.2, 0.25) is 0 Å². The second kappa shape index (κ2) is 6.54. The largest absolute Gasteiger partial charge is 0.397 e. The number of carbonyl (C=O) groups is 1. The Morgan fingerprint density at radius 3 is 2.79 bits per heavy atom. The van der Waals surface area contributed by atoms with Crippen LogP contribution in [0, 0.1) is 0 Å². The molecule has 0 atom stereocenters. The van der Waals surface area contributed by atoms with Gasteiger partial charge in [0, 0.05) is 31.7 Å².